The summed E-state index contributed by atoms with van der Waals surface area (Å²) in [5.74, 6) is 2.05. The number of amides is 1. The minimum absolute atomic E-state index is 0.113. The lowest BCUT2D eigenvalue weighted by Crippen LogP contribution is -2.28. The van der Waals surface area contributed by atoms with E-state index in [4.69, 9.17) is 13.3 Å². The molecular weight excluding hydrogens is 440 g/mol. The first-order chi connectivity index (χ1) is 16.2. The van der Waals surface area contributed by atoms with Crippen LogP contribution in [0.2, 0.25) is 0 Å². The standard InChI is InChI=1S/C24H22N4O4S/c1-16(17-7-3-2-4-8-17)13-22-25-26-24(32-22)33-15-23(29)28-19(21-10-6-12-31-21)14-18(27-28)20-9-5-11-30-20/h2-12,16,19H,13-15H2,1H3. The molecule has 4 aromatic rings. The molecule has 0 saturated carbocycles. The largest absolute Gasteiger partial charge is 0.467 e. The van der Waals surface area contributed by atoms with E-state index in [0.29, 0.717) is 41.2 Å². The number of benzene rings is 1. The highest BCUT2D eigenvalue weighted by Gasteiger charge is 2.35. The van der Waals surface area contributed by atoms with Gasteiger partial charge in [0.2, 0.25) is 5.89 Å². The lowest BCUT2D eigenvalue weighted by Gasteiger charge is -2.19. The molecule has 0 bridgehead atoms. The first kappa shape index (κ1) is 21.3. The van der Waals surface area contributed by atoms with Crippen molar-refractivity contribution < 1.29 is 18.0 Å². The van der Waals surface area contributed by atoms with E-state index in [9.17, 15) is 4.79 Å². The third-order valence-corrected chi connectivity index (χ3v) is 6.26. The molecule has 5 rings (SSSR count). The van der Waals surface area contributed by atoms with Crippen LogP contribution in [-0.4, -0.2) is 32.6 Å². The van der Waals surface area contributed by atoms with Crippen molar-refractivity contribution >= 4 is 23.4 Å². The molecule has 1 aliphatic rings. The van der Waals surface area contributed by atoms with Crippen LogP contribution >= 0.6 is 11.8 Å². The van der Waals surface area contributed by atoms with Crippen LogP contribution in [-0.2, 0) is 11.2 Å². The number of nitrogens with zero attached hydrogens (tertiary/aromatic N) is 4. The first-order valence-electron chi connectivity index (χ1n) is 10.6. The van der Waals surface area contributed by atoms with E-state index in [1.165, 1.54) is 22.3 Å². The van der Waals surface area contributed by atoms with E-state index < -0.39 is 0 Å². The van der Waals surface area contributed by atoms with Gasteiger partial charge in [0.25, 0.3) is 11.1 Å². The van der Waals surface area contributed by atoms with Crippen LogP contribution in [0.1, 0.15) is 48.3 Å². The summed E-state index contributed by atoms with van der Waals surface area (Å²) in [6.45, 7) is 2.12. The van der Waals surface area contributed by atoms with Crippen LogP contribution in [0.5, 0.6) is 0 Å². The van der Waals surface area contributed by atoms with Gasteiger partial charge in [-0.3, -0.25) is 4.79 Å². The second kappa shape index (κ2) is 9.50. The summed E-state index contributed by atoms with van der Waals surface area (Å²) in [6, 6.07) is 17.1. The molecule has 0 fully saturated rings. The zero-order chi connectivity index (χ0) is 22.6. The van der Waals surface area contributed by atoms with Crippen LogP contribution < -0.4 is 0 Å². The molecular formula is C24H22N4O4S. The lowest BCUT2D eigenvalue weighted by molar-refractivity contribution is -0.130. The molecule has 0 aliphatic carbocycles. The Kier molecular flexibility index (Phi) is 6.12. The van der Waals surface area contributed by atoms with Crippen LogP contribution in [0, 0.1) is 0 Å². The third-order valence-electron chi connectivity index (χ3n) is 5.46. The summed E-state index contributed by atoms with van der Waals surface area (Å²) in [4.78, 5) is 13.0. The van der Waals surface area contributed by atoms with Crippen molar-refractivity contribution in [1.29, 1.82) is 0 Å². The smallest absolute Gasteiger partial charge is 0.277 e. The monoisotopic (exact) mass is 462 g/mol. The predicted molar refractivity (Wildman–Crippen MR) is 122 cm³/mol. The molecule has 168 valence electrons. The van der Waals surface area contributed by atoms with Gasteiger partial charge in [0.15, 0.2) is 0 Å². The Labute approximate surface area is 194 Å². The average Bonchev–Trinajstić information content (AvgIpc) is 3.63. The highest BCUT2D eigenvalue weighted by molar-refractivity contribution is 7.99. The van der Waals surface area contributed by atoms with Crippen LogP contribution in [0.15, 0.2) is 90.7 Å². The molecule has 2 atom stereocenters. The molecule has 3 aromatic heterocycles. The highest BCUT2D eigenvalue weighted by Crippen LogP contribution is 2.34. The Morgan fingerprint density at radius 2 is 1.91 bits per heavy atom. The van der Waals surface area contributed by atoms with E-state index in [-0.39, 0.29) is 23.6 Å². The van der Waals surface area contributed by atoms with Gasteiger partial charge in [-0.1, -0.05) is 49.0 Å². The average molecular weight is 463 g/mol. The zero-order valence-corrected chi connectivity index (χ0v) is 18.8. The van der Waals surface area contributed by atoms with Crippen LogP contribution in [0.4, 0.5) is 0 Å². The molecule has 0 saturated heterocycles. The second-order valence-electron chi connectivity index (χ2n) is 7.76. The van der Waals surface area contributed by atoms with Gasteiger partial charge in [-0.15, -0.1) is 10.2 Å². The summed E-state index contributed by atoms with van der Waals surface area (Å²) >= 11 is 1.20. The predicted octanol–water partition coefficient (Wildman–Crippen LogP) is 5.07. The lowest BCUT2D eigenvalue weighted by atomic mass is 9.98. The van der Waals surface area contributed by atoms with Crippen molar-refractivity contribution in [2.24, 2.45) is 5.10 Å². The Morgan fingerprint density at radius 3 is 2.67 bits per heavy atom. The first-order valence-corrected chi connectivity index (χ1v) is 11.6. The fourth-order valence-corrected chi connectivity index (χ4v) is 4.40. The molecule has 2 unspecified atom stereocenters. The van der Waals surface area contributed by atoms with E-state index in [1.807, 2.05) is 30.3 Å². The minimum Gasteiger partial charge on any atom is -0.467 e. The minimum atomic E-state index is -0.321. The van der Waals surface area contributed by atoms with Gasteiger partial charge in [0.05, 0.1) is 18.3 Å². The number of thioether (sulfide) groups is 1. The molecule has 0 radical (unpaired) electrons. The molecule has 1 aliphatic heterocycles. The zero-order valence-electron chi connectivity index (χ0n) is 18.0. The maximum absolute atomic E-state index is 13.0. The quantitative estimate of drug-likeness (QED) is 0.337. The Bertz CT molecular complexity index is 1220. The molecule has 4 heterocycles. The van der Waals surface area contributed by atoms with Gasteiger partial charge in [-0.05, 0) is 35.7 Å². The topological polar surface area (TPSA) is 97.9 Å². The normalized spacial score (nSPS) is 16.7. The van der Waals surface area contributed by atoms with Crippen molar-refractivity contribution in [3.05, 3.63) is 90.1 Å². The van der Waals surface area contributed by atoms with Gasteiger partial charge in [-0.25, -0.2) is 5.01 Å². The molecule has 8 nitrogen and oxygen atoms in total. The van der Waals surface area contributed by atoms with E-state index in [1.54, 1.807) is 24.7 Å². The maximum atomic E-state index is 13.0. The number of hydrazone groups is 1. The SMILES string of the molecule is CC(Cc1nnc(SCC(=O)N2N=C(c3ccco3)CC2c2ccco2)o1)c1ccccc1. The van der Waals surface area contributed by atoms with Crippen molar-refractivity contribution in [2.75, 3.05) is 5.75 Å². The van der Waals surface area contributed by atoms with Crippen molar-refractivity contribution in [1.82, 2.24) is 15.2 Å². The second-order valence-corrected chi connectivity index (χ2v) is 8.69. The number of hydrogen-bond acceptors (Lipinski definition) is 8. The number of carbonyl (C=O) groups is 1. The highest BCUT2D eigenvalue weighted by atomic mass is 32.2. The summed E-state index contributed by atoms with van der Waals surface area (Å²) in [5.41, 5.74) is 1.91. The Balaban J connectivity index is 1.23. The molecule has 9 heteroatoms. The Hall–Kier alpha value is -3.59. The number of furan rings is 2. The van der Waals surface area contributed by atoms with Gasteiger partial charge in [0, 0.05) is 12.8 Å². The maximum Gasteiger partial charge on any atom is 0.277 e. The van der Waals surface area contributed by atoms with Crippen LogP contribution in [0.25, 0.3) is 0 Å². The van der Waals surface area contributed by atoms with E-state index in [2.05, 4.69) is 34.4 Å². The van der Waals surface area contributed by atoms with E-state index in [0.717, 1.165) is 0 Å². The molecule has 1 amide bonds. The molecule has 0 N–H and O–H groups in total. The number of rotatable bonds is 8. The van der Waals surface area contributed by atoms with Crippen LogP contribution in [0.3, 0.4) is 0 Å². The summed E-state index contributed by atoms with van der Waals surface area (Å²) in [7, 11) is 0. The van der Waals surface area contributed by atoms with Crippen molar-refractivity contribution in [3.63, 3.8) is 0 Å². The molecule has 33 heavy (non-hydrogen) atoms. The molecule has 0 spiro atoms. The van der Waals surface area contributed by atoms with Gasteiger partial charge < -0.3 is 13.3 Å². The summed E-state index contributed by atoms with van der Waals surface area (Å²) < 4.78 is 16.8. The fraction of sp³-hybridized carbons (Fsp3) is 0.250. The van der Waals surface area contributed by atoms with E-state index >= 15 is 0 Å². The number of hydrogen-bond donors (Lipinski definition) is 0. The number of carbonyl (C=O) groups excluding carboxylic acids is 1. The summed E-state index contributed by atoms with van der Waals surface area (Å²) in [5, 5.41) is 14.6. The fourth-order valence-electron chi connectivity index (χ4n) is 3.76. The molecule has 1 aromatic carbocycles. The number of aromatic nitrogens is 2. The van der Waals surface area contributed by atoms with Gasteiger partial charge in [0.1, 0.15) is 23.3 Å². The third kappa shape index (κ3) is 4.78. The Morgan fingerprint density at radius 1 is 1.09 bits per heavy atom. The summed E-state index contributed by atoms with van der Waals surface area (Å²) in [6.07, 6.45) is 4.33. The van der Waals surface area contributed by atoms with Crippen molar-refractivity contribution in [3.8, 4) is 0 Å². The van der Waals surface area contributed by atoms with Crippen molar-refractivity contribution in [2.45, 2.75) is 36.9 Å². The van der Waals surface area contributed by atoms with Gasteiger partial charge >= 0.3 is 0 Å². The van der Waals surface area contributed by atoms with Gasteiger partial charge in [-0.2, -0.15) is 5.10 Å².